The van der Waals surface area contributed by atoms with Crippen LogP contribution in [0, 0.1) is 5.92 Å². The Kier molecular flexibility index (Phi) is 3.52. The smallest absolute Gasteiger partial charge is 0.335 e. The van der Waals surface area contributed by atoms with Crippen molar-refractivity contribution in [3.63, 3.8) is 0 Å². The molecule has 1 saturated carbocycles. The van der Waals surface area contributed by atoms with Gasteiger partial charge in [0.15, 0.2) is 5.60 Å². The molecule has 94 valence electrons. The largest absolute Gasteiger partial charge is 0.479 e. The SMILES string of the molecule is CC1CCCC(OCc2ccco2)(C(=O)O)C1. The summed E-state index contributed by atoms with van der Waals surface area (Å²) in [5, 5.41) is 9.38. The van der Waals surface area contributed by atoms with Gasteiger partial charge in [0.2, 0.25) is 0 Å². The lowest BCUT2D eigenvalue weighted by molar-refractivity contribution is -0.176. The molecule has 1 fully saturated rings. The number of rotatable bonds is 4. The van der Waals surface area contributed by atoms with Crippen molar-refractivity contribution >= 4 is 5.97 Å². The zero-order chi connectivity index (χ0) is 12.3. The molecule has 0 aliphatic heterocycles. The topological polar surface area (TPSA) is 59.7 Å². The van der Waals surface area contributed by atoms with Crippen LogP contribution < -0.4 is 0 Å². The Morgan fingerprint density at radius 2 is 2.53 bits per heavy atom. The molecule has 2 atom stereocenters. The minimum absolute atomic E-state index is 0.228. The van der Waals surface area contributed by atoms with Crippen molar-refractivity contribution in [1.82, 2.24) is 0 Å². The first-order valence-corrected chi connectivity index (χ1v) is 6.02. The molecule has 4 nitrogen and oxygen atoms in total. The first-order chi connectivity index (χ1) is 8.12. The van der Waals surface area contributed by atoms with Gasteiger partial charge >= 0.3 is 5.97 Å². The fraction of sp³-hybridized carbons (Fsp3) is 0.615. The van der Waals surface area contributed by atoms with E-state index < -0.39 is 11.6 Å². The summed E-state index contributed by atoms with van der Waals surface area (Å²) in [7, 11) is 0. The summed E-state index contributed by atoms with van der Waals surface area (Å²) in [5.74, 6) is 0.218. The fourth-order valence-corrected chi connectivity index (χ4v) is 2.49. The van der Waals surface area contributed by atoms with Crippen LogP contribution in [0.15, 0.2) is 22.8 Å². The lowest BCUT2D eigenvalue weighted by atomic mass is 9.79. The van der Waals surface area contributed by atoms with Gasteiger partial charge in [-0.05, 0) is 37.3 Å². The van der Waals surface area contributed by atoms with E-state index in [0.29, 0.717) is 24.5 Å². The Labute approximate surface area is 101 Å². The van der Waals surface area contributed by atoms with E-state index in [0.717, 1.165) is 12.8 Å². The van der Waals surface area contributed by atoms with E-state index in [1.807, 2.05) is 0 Å². The van der Waals surface area contributed by atoms with Gasteiger partial charge in [-0.15, -0.1) is 0 Å². The second-order valence-electron chi connectivity index (χ2n) is 4.87. The summed E-state index contributed by atoms with van der Waals surface area (Å²) >= 11 is 0. The van der Waals surface area contributed by atoms with Gasteiger partial charge in [-0.25, -0.2) is 4.79 Å². The van der Waals surface area contributed by atoms with Crippen molar-refractivity contribution in [3.05, 3.63) is 24.2 Å². The van der Waals surface area contributed by atoms with Crippen molar-refractivity contribution in [1.29, 1.82) is 0 Å². The molecule has 1 N–H and O–H groups in total. The van der Waals surface area contributed by atoms with Gasteiger partial charge in [0.25, 0.3) is 0 Å². The number of furan rings is 1. The van der Waals surface area contributed by atoms with E-state index in [1.165, 1.54) is 0 Å². The molecule has 2 unspecified atom stereocenters. The van der Waals surface area contributed by atoms with E-state index in [9.17, 15) is 9.90 Å². The van der Waals surface area contributed by atoms with Crippen LogP contribution in [0.2, 0.25) is 0 Å². The van der Waals surface area contributed by atoms with Gasteiger partial charge in [-0.3, -0.25) is 0 Å². The Balaban J connectivity index is 2.03. The summed E-state index contributed by atoms with van der Waals surface area (Å²) in [6.45, 7) is 2.30. The zero-order valence-corrected chi connectivity index (χ0v) is 10.0. The van der Waals surface area contributed by atoms with E-state index in [1.54, 1.807) is 18.4 Å². The van der Waals surface area contributed by atoms with Crippen molar-refractivity contribution in [3.8, 4) is 0 Å². The molecule has 1 aliphatic rings. The number of aliphatic carboxylic acids is 1. The third-order valence-corrected chi connectivity index (χ3v) is 3.42. The monoisotopic (exact) mass is 238 g/mol. The van der Waals surface area contributed by atoms with Crippen LogP contribution in [0.5, 0.6) is 0 Å². The third kappa shape index (κ3) is 2.69. The molecule has 1 aromatic heterocycles. The highest BCUT2D eigenvalue weighted by atomic mass is 16.5. The molecular weight excluding hydrogens is 220 g/mol. The molecule has 0 bridgehead atoms. The Bertz CT molecular complexity index is 371. The lowest BCUT2D eigenvalue weighted by Crippen LogP contribution is -2.45. The van der Waals surface area contributed by atoms with E-state index in [4.69, 9.17) is 9.15 Å². The second-order valence-corrected chi connectivity index (χ2v) is 4.87. The molecule has 17 heavy (non-hydrogen) atoms. The molecule has 0 amide bonds. The Hall–Kier alpha value is -1.29. The average Bonchev–Trinajstić information content (AvgIpc) is 2.79. The molecule has 0 aromatic carbocycles. The molecule has 0 spiro atoms. The van der Waals surface area contributed by atoms with Crippen LogP contribution in [-0.2, 0) is 16.1 Å². The van der Waals surface area contributed by atoms with Crippen LogP contribution in [0.1, 0.15) is 38.4 Å². The van der Waals surface area contributed by atoms with E-state index in [-0.39, 0.29) is 6.61 Å². The number of carbonyl (C=O) groups is 1. The zero-order valence-electron chi connectivity index (χ0n) is 10.0. The predicted molar refractivity (Wildman–Crippen MR) is 61.5 cm³/mol. The first kappa shape index (κ1) is 12.2. The summed E-state index contributed by atoms with van der Waals surface area (Å²) in [4.78, 5) is 11.4. The second kappa shape index (κ2) is 4.92. The van der Waals surface area contributed by atoms with Crippen LogP contribution in [-0.4, -0.2) is 16.7 Å². The van der Waals surface area contributed by atoms with Crippen molar-refractivity contribution in [2.24, 2.45) is 5.92 Å². The van der Waals surface area contributed by atoms with Gasteiger partial charge in [0.1, 0.15) is 12.4 Å². The number of carboxylic acids is 1. The van der Waals surface area contributed by atoms with Gasteiger partial charge in [-0.2, -0.15) is 0 Å². The van der Waals surface area contributed by atoms with Crippen LogP contribution in [0.3, 0.4) is 0 Å². The normalized spacial score (nSPS) is 29.1. The molecule has 1 heterocycles. The van der Waals surface area contributed by atoms with Gasteiger partial charge in [0, 0.05) is 0 Å². The van der Waals surface area contributed by atoms with Crippen LogP contribution >= 0.6 is 0 Å². The van der Waals surface area contributed by atoms with Gasteiger partial charge < -0.3 is 14.3 Å². The first-order valence-electron chi connectivity index (χ1n) is 6.02. The highest BCUT2D eigenvalue weighted by Crippen LogP contribution is 2.36. The number of ether oxygens (including phenoxy) is 1. The molecule has 0 saturated heterocycles. The van der Waals surface area contributed by atoms with Gasteiger partial charge in [-0.1, -0.05) is 13.3 Å². The average molecular weight is 238 g/mol. The predicted octanol–water partition coefficient (Wildman–Crippen LogP) is 2.83. The maximum absolute atomic E-state index is 11.4. The molecule has 1 aliphatic carbocycles. The summed E-state index contributed by atoms with van der Waals surface area (Å²) in [5.41, 5.74) is -1.02. The molecule has 1 aromatic rings. The van der Waals surface area contributed by atoms with Crippen molar-refractivity contribution in [2.75, 3.05) is 0 Å². The highest BCUT2D eigenvalue weighted by Gasteiger charge is 2.43. The van der Waals surface area contributed by atoms with Crippen LogP contribution in [0.25, 0.3) is 0 Å². The molecule has 0 radical (unpaired) electrons. The summed E-state index contributed by atoms with van der Waals surface area (Å²) < 4.78 is 10.8. The number of hydrogen-bond donors (Lipinski definition) is 1. The maximum Gasteiger partial charge on any atom is 0.335 e. The summed E-state index contributed by atoms with van der Waals surface area (Å²) in [6.07, 6.45) is 4.73. The van der Waals surface area contributed by atoms with Gasteiger partial charge in [0.05, 0.1) is 6.26 Å². The molecule has 4 heteroatoms. The van der Waals surface area contributed by atoms with E-state index >= 15 is 0 Å². The Morgan fingerprint density at radius 3 is 3.12 bits per heavy atom. The Morgan fingerprint density at radius 1 is 1.71 bits per heavy atom. The maximum atomic E-state index is 11.4. The fourth-order valence-electron chi connectivity index (χ4n) is 2.49. The third-order valence-electron chi connectivity index (χ3n) is 3.42. The van der Waals surface area contributed by atoms with Crippen molar-refractivity contribution < 1.29 is 19.1 Å². The summed E-state index contributed by atoms with van der Waals surface area (Å²) in [6, 6.07) is 3.57. The number of carboxylic acid groups (broad SMARTS) is 1. The standard InChI is InChI=1S/C13H18O4/c1-10-4-2-6-13(8-10,12(14)15)17-9-11-5-3-7-16-11/h3,5,7,10H,2,4,6,8-9H2,1H3,(H,14,15). The molecule has 2 rings (SSSR count). The quantitative estimate of drug-likeness (QED) is 0.876. The minimum Gasteiger partial charge on any atom is -0.479 e. The molecular formula is C13H18O4. The lowest BCUT2D eigenvalue weighted by Gasteiger charge is -2.36. The highest BCUT2D eigenvalue weighted by molar-refractivity contribution is 5.77. The minimum atomic E-state index is -1.02. The van der Waals surface area contributed by atoms with Crippen molar-refractivity contribution in [2.45, 2.75) is 44.8 Å². The van der Waals surface area contributed by atoms with Crippen LogP contribution in [0.4, 0.5) is 0 Å². The number of hydrogen-bond acceptors (Lipinski definition) is 3. The van der Waals surface area contributed by atoms with E-state index in [2.05, 4.69) is 6.92 Å².